The molecule has 3 aromatic rings. The Morgan fingerprint density at radius 2 is 1.97 bits per heavy atom. The van der Waals surface area contributed by atoms with Crippen LogP contribution < -0.4 is 5.32 Å². The highest BCUT2D eigenvalue weighted by atomic mass is 35.5. The van der Waals surface area contributed by atoms with Crippen molar-refractivity contribution < 1.29 is 14.4 Å². The SMILES string of the molecule is CN(C)C(=O)CN1CC(C(=O)Nc2cncc3ccccc23)c2cc(Cl)ccc2C1=O. The fraction of sp³-hybridized carbons (Fsp3) is 0.217. The number of aromatic nitrogens is 1. The predicted octanol–water partition coefficient (Wildman–Crippen LogP) is 3.15. The molecule has 1 unspecified atom stereocenters. The number of anilines is 1. The van der Waals surface area contributed by atoms with Gasteiger partial charge in [0, 0.05) is 48.2 Å². The zero-order valence-corrected chi connectivity index (χ0v) is 17.9. The van der Waals surface area contributed by atoms with Gasteiger partial charge in [-0.3, -0.25) is 19.4 Å². The summed E-state index contributed by atoms with van der Waals surface area (Å²) in [6, 6.07) is 12.5. The van der Waals surface area contributed by atoms with Gasteiger partial charge in [0.25, 0.3) is 5.91 Å². The fourth-order valence-electron chi connectivity index (χ4n) is 3.69. The van der Waals surface area contributed by atoms with E-state index in [1.165, 1.54) is 9.80 Å². The first-order valence-electron chi connectivity index (χ1n) is 9.77. The molecule has 0 aliphatic carbocycles. The van der Waals surface area contributed by atoms with E-state index in [9.17, 15) is 14.4 Å². The molecule has 8 heteroatoms. The zero-order valence-electron chi connectivity index (χ0n) is 17.1. The molecular formula is C23H21ClN4O3. The van der Waals surface area contributed by atoms with Gasteiger partial charge in [-0.15, -0.1) is 0 Å². The molecule has 0 saturated heterocycles. The number of nitrogens with zero attached hydrogens (tertiary/aromatic N) is 3. The number of amides is 3. The van der Waals surface area contributed by atoms with Crippen molar-refractivity contribution in [2.45, 2.75) is 5.92 Å². The molecule has 3 amide bonds. The highest BCUT2D eigenvalue weighted by molar-refractivity contribution is 6.30. The second-order valence-electron chi connectivity index (χ2n) is 7.66. The van der Waals surface area contributed by atoms with Crippen molar-refractivity contribution in [2.75, 3.05) is 32.5 Å². The number of carbonyl (C=O) groups is 3. The molecule has 1 atom stereocenters. The van der Waals surface area contributed by atoms with Gasteiger partial charge < -0.3 is 15.1 Å². The summed E-state index contributed by atoms with van der Waals surface area (Å²) in [5.74, 6) is -1.49. The standard InChI is InChI=1S/C23H21ClN4O3/c1-27(2)21(29)13-28-12-19(18-9-15(24)7-8-17(18)23(28)31)22(30)26-20-11-25-10-14-5-3-4-6-16(14)20/h3-11,19H,12-13H2,1-2H3,(H,26,30). The second kappa shape index (κ2) is 8.35. The molecule has 4 rings (SSSR count). The van der Waals surface area contributed by atoms with Crippen molar-refractivity contribution >= 4 is 45.8 Å². The third kappa shape index (κ3) is 4.09. The Hall–Kier alpha value is -3.45. The van der Waals surface area contributed by atoms with E-state index in [0.29, 0.717) is 21.8 Å². The molecule has 0 radical (unpaired) electrons. The lowest BCUT2D eigenvalue weighted by atomic mass is 9.88. The van der Waals surface area contributed by atoms with Gasteiger partial charge in [0.1, 0.15) is 6.54 Å². The van der Waals surface area contributed by atoms with Gasteiger partial charge in [-0.05, 0) is 23.8 Å². The largest absolute Gasteiger partial charge is 0.347 e. The zero-order chi connectivity index (χ0) is 22.1. The number of carbonyl (C=O) groups excluding carboxylic acids is 3. The van der Waals surface area contributed by atoms with Crippen LogP contribution in [0.1, 0.15) is 21.8 Å². The number of likely N-dealkylation sites (N-methyl/N-ethyl adjacent to an activating group) is 1. The Kier molecular flexibility index (Phi) is 5.61. The predicted molar refractivity (Wildman–Crippen MR) is 119 cm³/mol. The van der Waals surface area contributed by atoms with Gasteiger partial charge in [0.2, 0.25) is 11.8 Å². The summed E-state index contributed by atoms with van der Waals surface area (Å²) >= 11 is 6.17. The van der Waals surface area contributed by atoms with Crippen LogP contribution in [0.3, 0.4) is 0 Å². The van der Waals surface area contributed by atoms with Crippen LogP contribution in [0.15, 0.2) is 54.9 Å². The van der Waals surface area contributed by atoms with Gasteiger partial charge in [-0.1, -0.05) is 35.9 Å². The van der Waals surface area contributed by atoms with Crippen LogP contribution in [-0.4, -0.2) is 59.7 Å². The molecule has 7 nitrogen and oxygen atoms in total. The minimum absolute atomic E-state index is 0.0792. The first kappa shape index (κ1) is 20.8. The fourth-order valence-corrected chi connectivity index (χ4v) is 3.87. The average Bonchev–Trinajstić information content (AvgIpc) is 2.75. The Balaban J connectivity index is 1.69. The summed E-state index contributed by atoms with van der Waals surface area (Å²) in [4.78, 5) is 45.6. The van der Waals surface area contributed by atoms with Crippen molar-refractivity contribution in [3.05, 3.63) is 71.0 Å². The number of pyridine rings is 1. The molecule has 1 N–H and O–H groups in total. The normalized spacial score (nSPS) is 15.5. The third-order valence-electron chi connectivity index (χ3n) is 5.38. The Morgan fingerprint density at radius 3 is 2.74 bits per heavy atom. The molecule has 1 aliphatic rings. The van der Waals surface area contributed by atoms with Crippen molar-refractivity contribution in [3.8, 4) is 0 Å². The van der Waals surface area contributed by atoms with Crippen LogP contribution in [0.25, 0.3) is 10.8 Å². The van der Waals surface area contributed by atoms with Crippen molar-refractivity contribution in [1.82, 2.24) is 14.8 Å². The van der Waals surface area contributed by atoms with Gasteiger partial charge in [-0.25, -0.2) is 0 Å². The lowest BCUT2D eigenvalue weighted by Crippen LogP contribution is -2.47. The number of halogens is 1. The van der Waals surface area contributed by atoms with Crippen LogP contribution >= 0.6 is 11.6 Å². The number of hydrogen-bond acceptors (Lipinski definition) is 4. The molecule has 2 heterocycles. The van der Waals surface area contributed by atoms with Gasteiger partial charge in [0.05, 0.1) is 17.8 Å². The Labute approximate surface area is 184 Å². The van der Waals surface area contributed by atoms with Crippen molar-refractivity contribution in [3.63, 3.8) is 0 Å². The monoisotopic (exact) mass is 436 g/mol. The maximum atomic E-state index is 13.3. The lowest BCUT2D eigenvalue weighted by molar-refractivity contribution is -0.130. The summed E-state index contributed by atoms with van der Waals surface area (Å²) in [7, 11) is 3.25. The molecule has 0 spiro atoms. The first-order valence-corrected chi connectivity index (χ1v) is 10.2. The molecule has 31 heavy (non-hydrogen) atoms. The highest BCUT2D eigenvalue weighted by Crippen LogP contribution is 2.32. The van der Waals surface area contributed by atoms with E-state index in [4.69, 9.17) is 11.6 Å². The molecule has 0 saturated carbocycles. The molecule has 0 fully saturated rings. The van der Waals surface area contributed by atoms with Crippen LogP contribution in [0, 0.1) is 0 Å². The van der Waals surface area contributed by atoms with E-state index in [1.807, 2.05) is 24.3 Å². The third-order valence-corrected chi connectivity index (χ3v) is 5.61. The van der Waals surface area contributed by atoms with Gasteiger partial charge in [-0.2, -0.15) is 0 Å². The first-order chi connectivity index (χ1) is 14.8. The van der Waals surface area contributed by atoms with E-state index in [-0.39, 0.29) is 30.8 Å². The number of nitrogens with one attached hydrogen (secondary N) is 1. The summed E-state index contributed by atoms with van der Waals surface area (Å²) in [6.45, 7) is -0.0245. The number of hydrogen-bond donors (Lipinski definition) is 1. The van der Waals surface area contributed by atoms with Crippen LogP contribution in [-0.2, 0) is 9.59 Å². The minimum atomic E-state index is -0.680. The maximum absolute atomic E-state index is 13.3. The van der Waals surface area contributed by atoms with Crippen molar-refractivity contribution in [2.24, 2.45) is 0 Å². The summed E-state index contributed by atoms with van der Waals surface area (Å²) in [5, 5.41) is 5.16. The minimum Gasteiger partial charge on any atom is -0.347 e. The molecule has 1 aromatic heterocycles. The van der Waals surface area contributed by atoms with Crippen molar-refractivity contribution in [1.29, 1.82) is 0 Å². The molecular weight excluding hydrogens is 416 g/mol. The summed E-state index contributed by atoms with van der Waals surface area (Å²) in [5.41, 5.74) is 1.51. The Morgan fingerprint density at radius 1 is 1.19 bits per heavy atom. The highest BCUT2D eigenvalue weighted by Gasteiger charge is 2.36. The summed E-state index contributed by atoms with van der Waals surface area (Å²) < 4.78 is 0. The van der Waals surface area contributed by atoms with Gasteiger partial charge >= 0.3 is 0 Å². The number of fused-ring (bicyclic) bond motifs is 2. The van der Waals surface area contributed by atoms with Crippen LogP contribution in [0.4, 0.5) is 5.69 Å². The molecule has 2 aromatic carbocycles. The number of benzene rings is 2. The topological polar surface area (TPSA) is 82.6 Å². The van der Waals surface area contributed by atoms with Crippen LogP contribution in [0.2, 0.25) is 5.02 Å². The molecule has 158 valence electrons. The quantitative estimate of drug-likeness (QED) is 0.681. The number of rotatable bonds is 4. The van der Waals surface area contributed by atoms with Gasteiger partial charge in [0.15, 0.2) is 0 Å². The average molecular weight is 437 g/mol. The van der Waals surface area contributed by atoms with E-state index in [1.54, 1.807) is 44.7 Å². The second-order valence-corrected chi connectivity index (χ2v) is 8.09. The van der Waals surface area contributed by atoms with E-state index in [2.05, 4.69) is 10.3 Å². The van der Waals surface area contributed by atoms with E-state index < -0.39 is 5.92 Å². The summed E-state index contributed by atoms with van der Waals surface area (Å²) in [6.07, 6.45) is 3.33. The van der Waals surface area contributed by atoms with Crippen LogP contribution in [0.5, 0.6) is 0 Å². The van der Waals surface area contributed by atoms with E-state index >= 15 is 0 Å². The van der Waals surface area contributed by atoms with E-state index in [0.717, 1.165) is 10.8 Å². The molecule has 1 aliphatic heterocycles. The maximum Gasteiger partial charge on any atom is 0.254 e. The smallest absolute Gasteiger partial charge is 0.254 e. The lowest BCUT2D eigenvalue weighted by Gasteiger charge is -2.34. The Bertz CT molecular complexity index is 1190. The molecule has 0 bridgehead atoms.